The van der Waals surface area contributed by atoms with Crippen LogP contribution in [0.4, 0.5) is 17.2 Å². The monoisotopic (exact) mass is 249 g/mol. The van der Waals surface area contributed by atoms with Crippen molar-refractivity contribution in [1.29, 1.82) is 0 Å². The minimum absolute atomic E-state index is 0.494. The van der Waals surface area contributed by atoms with Crippen LogP contribution in [0.25, 0.3) is 0 Å². The third-order valence-electron chi connectivity index (χ3n) is 2.24. The fraction of sp³-hybridized carbons (Fsp3) is 0.0833. The van der Waals surface area contributed by atoms with E-state index in [1.165, 1.54) is 0 Å². The van der Waals surface area contributed by atoms with Gasteiger partial charge in [-0.15, -0.1) is 0 Å². The van der Waals surface area contributed by atoms with Crippen molar-refractivity contribution in [2.45, 2.75) is 0 Å². The van der Waals surface area contributed by atoms with Gasteiger partial charge in [0, 0.05) is 6.07 Å². The smallest absolute Gasteiger partial charge is 0.215 e. The van der Waals surface area contributed by atoms with Gasteiger partial charge < -0.3 is 15.8 Å². The maximum Gasteiger partial charge on any atom is 0.215 e. The normalized spacial score (nSPS) is 10.0. The van der Waals surface area contributed by atoms with Gasteiger partial charge >= 0.3 is 0 Å². The van der Waals surface area contributed by atoms with Gasteiger partial charge in [-0.3, -0.25) is 0 Å². The van der Waals surface area contributed by atoms with Crippen LogP contribution in [-0.4, -0.2) is 12.1 Å². The molecular weight excluding hydrogens is 238 g/mol. The number of nitrogens with one attached hydrogen (secondary N) is 1. The molecule has 0 fully saturated rings. The number of nitrogens with two attached hydrogens (primary N) is 1. The molecule has 3 N–H and O–H groups in total. The van der Waals surface area contributed by atoms with E-state index in [9.17, 15) is 0 Å². The number of pyridine rings is 1. The Balaban J connectivity index is 2.32. The molecule has 1 heterocycles. The molecule has 1 aromatic heterocycles. The predicted octanol–water partition coefficient (Wildman–Crippen LogP) is 3.07. The minimum atomic E-state index is 0.494. The summed E-state index contributed by atoms with van der Waals surface area (Å²) >= 11 is 6.04. The highest BCUT2D eigenvalue weighted by molar-refractivity contribution is 6.33. The van der Waals surface area contributed by atoms with Gasteiger partial charge in [-0.05, 0) is 18.2 Å². The summed E-state index contributed by atoms with van der Waals surface area (Å²) in [4.78, 5) is 4.21. The SMILES string of the molecule is COc1ccc(N)c(Nc2ccccc2Cl)n1. The number of hydrogen-bond acceptors (Lipinski definition) is 4. The van der Waals surface area contributed by atoms with E-state index >= 15 is 0 Å². The lowest BCUT2D eigenvalue weighted by Gasteiger charge is -2.10. The van der Waals surface area contributed by atoms with Crippen molar-refractivity contribution in [2.24, 2.45) is 0 Å². The third-order valence-corrected chi connectivity index (χ3v) is 2.57. The van der Waals surface area contributed by atoms with Gasteiger partial charge in [0.15, 0.2) is 5.82 Å². The Hall–Kier alpha value is -1.94. The number of hydrogen-bond donors (Lipinski definition) is 2. The number of aromatic nitrogens is 1. The van der Waals surface area contributed by atoms with Crippen LogP contribution < -0.4 is 15.8 Å². The van der Waals surface area contributed by atoms with Crippen molar-refractivity contribution < 1.29 is 4.74 Å². The van der Waals surface area contributed by atoms with Gasteiger partial charge in [-0.25, -0.2) is 0 Å². The number of para-hydroxylation sites is 1. The summed E-state index contributed by atoms with van der Waals surface area (Å²) in [5.41, 5.74) is 7.10. The van der Waals surface area contributed by atoms with E-state index in [0.717, 1.165) is 5.69 Å². The molecule has 88 valence electrons. The first kappa shape index (κ1) is 11.5. The number of methoxy groups -OCH3 is 1. The fourth-order valence-electron chi connectivity index (χ4n) is 1.36. The van der Waals surface area contributed by atoms with Gasteiger partial charge in [0.25, 0.3) is 0 Å². The summed E-state index contributed by atoms with van der Waals surface area (Å²) in [6, 6.07) is 10.8. The second-order valence-corrected chi connectivity index (χ2v) is 3.80. The van der Waals surface area contributed by atoms with Crippen molar-refractivity contribution >= 4 is 28.8 Å². The Morgan fingerprint density at radius 3 is 2.71 bits per heavy atom. The second kappa shape index (κ2) is 4.93. The lowest BCUT2D eigenvalue weighted by molar-refractivity contribution is 0.398. The first-order valence-corrected chi connectivity index (χ1v) is 5.40. The zero-order chi connectivity index (χ0) is 12.3. The molecule has 0 amide bonds. The van der Waals surface area contributed by atoms with Crippen LogP contribution >= 0.6 is 11.6 Å². The molecular formula is C12H12ClN3O. The largest absolute Gasteiger partial charge is 0.481 e. The van der Waals surface area contributed by atoms with E-state index in [1.54, 1.807) is 25.3 Å². The van der Waals surface area contributed by atoms with E-state index in [1.807, 2.05) is 18.2 Å². The zero-order valence-corrected chi connectivity index (χ0v) is 10.0. The quantitative estimate of drug-likeness (QED) is 0.878. The van der Waals surface area contributed by atoms with Crippen LogP contribution in [-0.2, 0) is 0 Å². The summed E-state index contributed by atoms with van der Waals surface area (Å²) in [7, 11) is 1.55. The maximum atomic E-state index is 6.04. The maximum absolute atomic E-state index is 6.04. The summed E-state index contributed by atoms with van der Waals surface area (Å²) < 4.78 is 5.04. The van der Waals surface area contributed by atoms with E-state index in [-0.39, 0.29) is 0 Å². The summed E-state index contributed by atoms with van der Waals surface area (Å²) in [6.07, 6.45) is 0. The summed E-state index contributed by atoms with van der Waals surface area (Å²) in [5, 5.41) is 3.68. The highest BCUT2D eigenvalue weighted by Crippen LogP contribution is 2.27. The van der Waals surface area contributed by atoms with Crippen LogP contribution in [0.1, 0.15) is 0 Å². The first-order chi connectivity index (χ1) is 8.20. The molecule has 0 spiro atoms. The van der Waals surface area contributed by atoms with Crippen LogP contribution in [0.3, 0.4) is 0 Å². The number of anilines is 3. The number of benzene rings is 1. The number of nitrogen functional groups attached to an aromatic ring is 1. The Labute approximate surface area is 104 Å². The van der Waals surface area contributed by atoms with Crippen molar-refractivity contribution in [3.8, 4) is 5.88 Å². The Morgan fingerprint density at radius 1 is 1.24 bits per heavy atom. The van der Waals surface area contributed by atoms with Crippen LogP contribution in [0.2, 0.25) is 5.02 Å². The van der Waals surface area contributed by atoms with Crippen molar-refractivity contribution in [3.05, 3.63) is 41.4 Å². The Bertz CT molecular complexity index is 531. The van der Waals surface area contributed by atoms with Gasteiger partial charge in [0.1, 0.15) is 0 Å². The van der Waals surface area contributed by atoms with Crippen molar-refractivity contribution in [2.75, 3.05) is 18.2 Å². The molecule has 0 aliphatic rings. The highest BCUT2D eigenvalue weighted by Gasteiger charge is 2.05. The third kappa shape index (κ3) is 2.60. The fourth-order valence-corrected chi connectivity index (χ4v) is 1.54. The predicted molar refractivity (Wildman–Crippen MR) is 69.9 cm³/mol. The van der Waals surface area contributed by atoms with Crippen LogP contribution in [0.15, 0.2) is 36.4 Å². The zero-order valence-electron chi connectivity index (χ0n) is 9.27. The van der Waals surface area contributed by atoms with Crippen molar-refractivity contribution in [1.82, 2.24) is 4.98 Å². The van der Waals surface area contributed by atoms with E-state index in [0.29, 0.717) is 22.4 Å². The highest BCUT2D eigenvalue weighted by atomic mass is 35.5. The van der Waals surface area contributed by atoms with Gasteiger partial charge in [-0.2, -0.15) is 4.98 Å². The molecule has 0 saturated carbocycles. The standard InChI is InChI=1S/C12H12ClN3O/c1-17-11-7-6-9(14)12(16-11)15-10-5-3-2-4-8(10)13/h2-7H,14H2,1H3,(H,15,16). The molecule has 0 saturated heterocycles. The molecule has 2 aromatic rings. The van der Waals surface area contributed by atoms with E-state index in [4.69, 9.17) is 22.1 Å². The molecule has 0 atom stereocenters. The van der Waals surface area contributed by atoms with E-state index in [2.05, 4.69) is 10.3 Å². The molecule has 4 nitrogen and oxygen atoms in total. The molecule has 0 aliphatic heterocycles. The van der Waals surface area contributed by atoms with Crippen LogP contribution in [0, 0.1) is 0 Å². The average molecular weight is 250 g/mol. The molecule has 0 bridgehead atoms. The molecule has 0 unspecified atom stereocenters. The number of halogens is 1. The Kier molecular flexibility index (Phi) is 3.35. The molecule has 0 aliphatic carbocycles. The van der Waals surface area contributed by atoms with Crippen molar-refractivity contribution in [3.63, 3.8) is 0 Å². The molecule has 1 aromatic carbocycles. The average Bonchev–Trinajstić information content (AvgIpc) is 2.35. The molecule has 17 heavy (non-hydrogen) atoms. The second-order valence-electron chi connectivity index (χ2n) is 3.40. The number of nitrogens with zero attached hydrogens (tertiary/aromatic N) is 1. The van der Waals surface area contributed by atoms with E-state index < -0.39 is 0 Å². The van der Waals surface area contributed by atoms with Gasteiger partial charge in [0.2, 0.25) is 5.88 Å². The molecule has 0 radical (unpaired) electrons. The number of rotatable bonds is 3. The Morgan fingerprint density at radius 2 is 2.00 bits per heavy atom. The lowest BCUT2D eigenvalue weighted by atomic mass is 10.3. The minimum Gasteiger partial charge on any atom is -0.481 e. The molecule has 2 rings (SSSR count). The lowest BCUT2D eigenvalue weighted by Crippen LogP contribution is -2.00. The number of ether oxygens (including phenoxy) is 1. The van der Waals surface area contributed by atoms with Crippen LogP contribution in [0.5, 0.6) is 5.88 Å². The first-order valence-electron chi connectivity index (χ1n) is 5.03. The summed E-state index contributed by atoms with van der Waals surface area (Å²) in [5.74, 6) is 1.02. The van der Waals surface area contributed by atoms with Gasteiger partial charge in [-0.1, -0.05) is 23.7 Å². The topological polar surface area (TPSA) is 60.2 Å². The van der Waals surface area contributed by atoms with Gasteiger partial charge in [0.05, 0.1) is 23.5 Å². The molecule has 5 heteroatoms. The summed E-state index contributed by atoms with van der Waals surface area (Å²) in [6.45, 7) is 0.